The Morgan fingerprint density at radius 2 is 1.90 bits per heavy atom. The van der Waals surface area contributed by atoms with E-state index >= 15 is 0 Å². The van der Waals surface area contributed by atoms with Gasteiger partial charge in [-0.2, -0.15) is 5.10 Å². The first-order valence-corrected chi connectivity index (χ1v) is 6.11. The van der Waals surface area contributed by atoms with Gasteiger partial charge in [-0.05, 0) is 24.3 Å². The summed E-state index contributed by atoms with van der Waals surface area (Å²) in [7, 11) is 0. The molecule has 0 bridgehead atoms. The fraction of sp³-hybridized carbons (Fsp3) is 0. The molecule has 3 heterocycles. The average Bonchev–Trinajstić information content (AvgIpc) is 3.10. The fourth-order valence-electron chi connectivity index (χ4n) is 2.18. The summed E-state index contributed by atoms with van der Waals surface area (Å²) in [5.74, 6) is -0.00333. The minimum absolute atomic E-state index is 0.269. The van der Waals surface area contributed by atoms with Gasteiger partial charge in [-0.1, -0.05) is 12.1 Å². The van der Waals surface area contributed by atoms with Crippen LogP contribution in [0, 0.1) is 0 Å². The lowest BCUT2D eigenvalue weighted by atomic mass is 10.2. The molecule has 0 aliphatic heterocycles. The topological polar surface area (TPSA) is 87.3 Å². The van der Waals surface area contributed by atoms with E-state index in [-0.39, 0.29) is 17.3 Å². The van der Waals surface area contributed by atoms with Crippen LogP contribution in [-0.4, -0.2) is 30.9 Å². The van der Waals surface area contributed by atoms with Crippen molar-refractivity contribution in [1.29, 1.82) is 0 Å². The van der Waals surface area contributed by atoms with Crippen molar-refractivity contribution < 1.29 is 4.79 Å². The smallest absolute Gasteiger partial charge is 0.250 e. The van der Waals surface area contributed by atoms with Gasteiger partial charge in [-0.15, -0.1) is 0 Å². The van der Waals surface area contributed by atoms with Crippen molar-refractivity contribution in [1.82, 2.24) is 25.1 Å². The van der Waals surface area contributed by atoms with Crippen LogP contribution in [0.2, 0.25) is 0 Å². The van der Waals surface area contributed by atoms with Crippen LogP contribution < -0.4 is 0 Å². The van der Waals surface area contributed by atoms with E-state index in [1.54, 1.807) is 12.3 Å². The lowest BCUT2D eigenvalue weighted by Gasteiger charge is -1.92. The summed E-state index contributed by atoms with van der Waals surface area (Å²) in [6, 6.07) is 11.1. The lowest BCUT2D eigenvalue weighted by Crippen LogP contribution is -2.05. The van der Waals surface area contributed by atoms with Crippen LogP contribution in [0.5, 0.6) is 0 Å². The van der Waals surface area contributed by atoms with Crippen molar-refractivity contribution in [2.75, 3.05) is 0 Å². The van der Waals surface area contributed by atoms with Crippen LogP contribution in [0.25, 0.3) is 22.1 Å². The number of aromatic nitrogens is 5. The molecule has 0 atom stereocenters. The maximum absolute atomic E-state index is 12.5. The molecule has 0 aliphatic rings. The number of fused-ring (bicyclic) bond motifs is 2. The van der Waals surface area contributed by atoms with Crippen molar-refractivity contribution in [2.45, 2.75) is 0 Å². The maximum Gasteiger partial charge on any atom is 0.250 e. The van der Waals surface area contributed by atoms with Gasteiger partial charge in [0.1, 0.15) is 5.52 Å². The molecule has 96 valence electrons. The number of pyridine rings is 1. The van der Waals surface area contributed by atoms with Crippen LogP contribution in [0.15, 0.2) is 42.6 Å². The minimum Gasteiger partial charge on any atom is -0.335 e. The predicted molar refractivity (Wildman–Crippen MR) is 73.4 cm³/mol. The monoisotopic (exact) mass is 263 g/mol. The summed E-state index contributed by atoms with van der Waals surface area (Å²) in [6.07, 6.45) is 1.63. The minimum atomic E-state index is -0.272. The van der Waals surface area contributed by atoms with Crippen molar-refractivity contribution in [2.24, 2.45) is 0 Å². The Morgan fingerprint density at radius 1 is 1.05 bits per heavy atom. The summed E-state index contributed by atoms with van der Waals surface area (Å²) in [4.78, 5) is 24.0. The van der Waals surface area contributed by atoms with Gasteiger partial charge >= 0.3 is 0 Å². The molecule has 4 rings (SSSR count). The van der Waals surface area contributed by atoms with E-state index in [0.717, 1.165) is 16.6 Å². The first-order valence-electron chi connectivity index (χ1n) is 6.11. The zero-order valence-corrected chi connectivity index (χ0v) is 10.3. The molecule has 0 fully saturated rings. The Morgan fingerprint density at radius 3 is 2.80 bits per heavy atom. The lowest BCUT2D eigenvalue weighted by molar-refractivity contribution is 0.102. The number of H-pyrrole nitrogens is 2. The molecule has 0 aliphatic carbocycles. The highest BCUT2D eigenvalue weighted by molar-refractivity contribution is 6.12. The van der Waals surface area contributed by atoms with Crippen LogP contribution >= 0.6 is 0 Å². The second-order valence-electron chi connectivity index (χ2n) is 4.40. The van der Waals surface area contributed by atoms with Gasteiger partial charge in [0.05, 0.1) is 16.6 Å². The molecule has 4 aromatic rings. The molecule has 2 N–H and O–H groups in total. The number of nitrogens with zero attached hydrogens (tertiary/aromatic N) is 3. The van der Waals surface area contributed by atoms with E-state index in [0.29, 0.717) is 5.52 Å². The van der Waals surface area contributed by atoms with Crippen molar-refractivity contribution in [3.8, 4) is 0 Å². The third kappa shape index (κ3) is 1.51. The van der Waals surface area contributed by atoms with E-state index in [1.165, 1.54) is 0 Å². The number of nitrogens with one attached hydrogen (secondary N) is 2. The summed E-state index contributed by atoms with van der Waals surface area (Å²) >= 11 is 0. The van der Waals surface area contributed by atoms with Crippen LogP contribution in [-0.2, 0) is 0 Å². The van der Waals surface area contributed by atoms with Crippen molar-refractivity contribution in [3.63, 3.8) is 0 Å². The number of carbonyl (C=O) groups excluding carboxylic acids is 1. The van der Waals surface area contributed by atoms with Gasteiger partial charge in [-0.3, -0.25) is 14.9 Å². The van der Waals surface area contributed by atoms with Gasteiger partial charge in [-0.25, -0.2) is 4.98 Å². The zero-order chi connectivity index (χ0) is 13.5. The molecule has 0 amide bonds. The zero-order valence-electron chi connectivity index (χ0n) is 10.3. The summed E-state index contributed by atoms with van der Waals surface area (Å²) in [5, 5.41) is 6.84. The third-order valence-electron chi connectivity index (χ3n) is 3.14. The first kappa shape index (κ1) is 10.9. The molecule has 0 unspecified atom stereocenters. The Bertz CT molecular complexity index is 904. The normalized spacial score (nSPS) is 11.2. The second-order valence-corrected chi connectivity index (χ2v) is 4.40. The van der Waals surface area contributed by atoms with Gasteiger partial charge in [0.25, 0.3) is 5.78 Å². The molecule has 0 saturated carbocycles. The van der Waals surface area contributed by atoms with Gasteiger partial charge in [0.2, 0.25) is 0 Å². The molecule has 1 aromatic carbocycles. The Balaban J connectivity index is 1.87. The molecule has 0 spiro atoms. The highest BCUT2D eigenvalue weighted by Crippen LogP contribution is 2.17. The van der Waals surface area contributed by atoms with Gasteiger partial charge < -0.3 is 4.98 Å². The van der Waals surface area contributed by atoms with Gasteiger partial charge in [0, 0.05) is 6.20 Å². The number of benzene rings is 1. The highest BCUT2D eigenvalue weighted by Gasteiger charge is 2.20. The number of para-hydroxylation sites is 2. The number of imidazole rings is 1. The summed E-state index contributed by atoms with van der Waals surface area (Å²) in [5.41, 5.74) is 3.14. The number of rotatable bonds is 2. The molecule has 0 radical (unpaired) electrons. The first-order chi connectivity index (χ1) is 9.83. The van der Waals surface area contributed by atoms with E-state index < -0.39 is 0 Å². The Labute approximate surface area is 112 Å². The highest BCUT2D eigenvalue weighted by atomic mass is 16.1. The molecular formula is C14H9N5O. The summed E-state index contributed by atoms with van der Waals surface area (Å²) < 4.78 is 0. The quantitative estimate of drug-likeness (QED) is 0.542. The van der Waals surface area contributed by atoms with E-state index in [2.05, 4.69) is 25.1 Å². The SMILES string of the molecule is O=C(c1nc2ccccc2[nH]1)c1n[nH]c2cccnc12. The predicted octanol–water partition coefficient (Wildman–Crippen LogP) is 2.07. The van der Waals surface area contributed by atoms with E-state index in [1.807, 2.05) is 30.3 Å². The number of hydrogen-bond donors (Lipinski definition) is 2. The molecular weight excluding hydrogens is 254 g/mol. The standard InChI is InChI=1S/C14H9N5O/c20-13(12-11-10(18-19-12)6-3-7-15-11)14-16-8-4-1-2-5-9(8)17-14/h1-7H,(H,16,17)(H,18,19). The molecule has 0 saturated heterocycles. The largest absolute Gasteiger partial charge is 0.335 e. The number of carbonyl (C=O) groups is 1. The number of hydrogen-bond acceptors (Lipinski definition) is 4. The van der Waals surface area contributed by atoms with E-state index in [9.17, 15) is 4.79 Å². The Hall–Kier alpha value is -3.02. The number of ketones is 1. The van der Waals surface area contributed by atoms with Crippen molar-refractivity contribution >= 4 is 27.9 Å². The second kappa shape index (κ2) is 3.99. The van der Waals surface area contributed by atoms with Crippen molar-refractivity contribution in [3.05, 3.63) is 54.1 Å². The fourth-order valence-corrected chi connectivity index (χ4v) is 2.18. The van der Waals surface area contributed by atoms with Crippen LogP contribution in [0.4, 0.5) is 0 Å². The number of aromatic amines is 2. The van der Waals surface area contributed by atoms with Crippen LogP contribution in [0.3, 0.4) is 0 Å². The molecule has 3 aromatic heterocycles. The van der Waals surface area contributed by atoms with Crippen LogP contribution in [0.1, 0.15) is 16.3 Å². The summed E-state index contributed by atoms with van der Waals surface area (Å²) in [6.45, 7) is 0. The molecule has 6 heteroatoms. The molecule has 20 heavy (non-hydrogen) atoms. The third-order valence-corrected chi connectivity index (χ3v) is 3.14. The Kier molecular flexibility index (Phi) is 2.17. The van der Waals surface area contributed by atoms with Gasteiger partial charge in [0.15, 0.2) is 11.5 Å². The maximum atomic E-state index is 12.5. The van der Waals surface area contributed by atoms with E-state index in [4.69, 9.17) is 0 Å². The average molecular weight is 263 g/mol. The molecule has 6 nitrogen and oxygen atoms in total.